The number of thiazole rings is 1. The molecule has 0 aliphatic rings. The van der Waals surface area contributed by atoms with Gasteiger partial charge in [0, 0.05) is 11.6 Å². The monoisotopic (exact) mass is 325 g/mol. The molecule has 9 heteroatoms. The summed E-state index contributed by atoms with van der Waals surface area (Å²) in [5.41, 5.74) is 0.870. The fourth-order valence-electron chi connectivity index (χ4n) is 1.86. The van der Waals surface area contributed by atoms with Crippen LogP contribution in [0.15, 0.2) is 17.6 Å². The molecule has 21 heavy (non-hydrogen) atoms. The average Bonchev–Trinajstić information content (AvgIpc) is 3.14. The first-order valence-corrected chi connectivity index (χ1v) is 7.69. The minimum absolute atomic E-state index is 0.192. The van der Waals surface area contributed by atoms with E-state index in [9.17, 15) is 14.7 Å². The summed E-state index contributed by atoms with van der Waals surface area (Å²) >= 11 is 2.79. The maximum absolute atomic E-state index is 12.0. The van der Waals surface area contributed by atoms with E-state index in [4.69, 9.17) is 0 Å². The van der Waals surface area contributed by atoms with Gasteiger partial charge in [0.2, 0.25) is 0 Å². The van der Waals surface area contributed by atoms with Gasteiger partial charge in [-0.2, -0.15) is 0 Å². The Bertz CT molecular complexity index is 819. The van der Waals surface area contributed by atoms with E-state index < -0.39 is 12.1 Å². The molecule has 0 spiro atoms. The number of hydrogen-bond acceptors (Lipinski definition) is 7. The molecule has 3 aromatic heterocycles. The van der Waals surface area contributed by atoms with Crippen LogP contribution in [0.3, 0.4) is 0 Å². The van der Waals surface area contributed by atoms with Gasteiger partial charge in [-0.3, -0.25) is 9.20 Å². The second-order valence-electron chi connectivity index (χ2n) is 4.22. The van der Waals surface area contributed by atoms with Crippen molar-refractivity contribution >= 4 is 49.9 Å². The van der Waals surface area contributed by atoms with Crippen LogP contribution in [0.1, 0.15) is 9.67 Å². The van der Waals surface area contributed by atoms with E-state index in [0.717, 1.165) is 15.3 Å². The summed E-state index contributed by atoms with van der Waals surface area (Å²) in [5, 5.41) is 13.8. The Morgan fingerprint density at radius 1 is 1.57 bits per heavy atom. The van der Waals surface area contributed by atoms with E-state index in [1.54, 1.807) is 6.07 Å². The maximum Gasteiger partial charge on any atom is 0.336 e. The number of esters is 1. The Balaban J connectivity index is 1.75. The highest BCUT2D eigenvalue weighted by Gasteiger charge is 2.19. The zero-order valence-electron chi connectivity index (χ0n) is 10.9. The van der Waals surface area contributed by atoms with Gasteiger partial charge in [0.1, 0.15) is 4.83 Å². The van der Waals surface area contributed by atoms with E-state index in [1.807, 2.05) is 16.0 Å². The Labute approximate surface area is 126 Å². The fourth-order valence-corrected chi connectivity index (χ4v) is 3.57. The molecule has 0 fully saturated rings. The third-order valence-electron chi connectivity index (χ3n) is 2.89. The third-order valence-corrected chi connectivity index (χ3v) is 4.67. The predicted molar refractivity (Wildman–Crippen MR) is 78.8 cm³/mol. The lowest BCUT2D eigenvalue weighted by Crippen LogP contribution is -2.36. The van der Waals surface area contributed by atoms with Crippen molar-refractivity contribution in [3.63, 3.8) is 0 Å². The molecule has 1 amide bonds. The number of hydrogen-bond donors (Lipinski definition) is 2. The summed E-state index contributed by atoms with van der Waals surface area (Å²) in [4.78, 5) is 29.6. The fraction of sp³-hybridized carbons (Fsp3) is 0.250. The van der Waals surface area contributed by atoms with Gasteiger partial charge >= 0.3 is 5.97 Å². The molecule has 0 aliphatic carbocycles. The van der Waals surface area contributed by atoms with Gasteiger partial charge < -0.3 is 15.2 Å². The molecule has 1 atom stereocenters. The number of aliphatic hydroxyl groups excluding tert-OH is 1. The molecule has 1 unspecified atom stereocenters. The smallest absolute Gasteiger partial charge is 0.336 e. The molecular formula is C12H11N3O4S2. The number of aliphatic hydroxyl groups is 1. The summed E-state index contributed by atoms with van der Waals surface area (Å²) in [6.07, 6.45) is 0.526. The maximum atomic E-state index is 12.0. The molecule has 3 aromatic rings. The molecule has 0 saturated heterocycles. The van der Waals surface area contributed by atoms with Gasteiger partial charge in [-0.15, -0.1) is 22.7 Å². The first-order valence-electron chi connectivity index (χ1n) is 5.99. The van der Waals surface area contributed by atoms with Crippen molar-refractivity contribution in [2.45, 2.75) is 6.10 Å². The van der Waals surface area contributed by atoms with Crippen LogP contribution in [0.4, 0.5) is 0 Å². The molecule has 0 saturated carbocycles. The molecule has 0 aromatic carbocycles. The van der Waals surface area contributed by atoms with Crippen LogP contribution in [0.2, 0.25) is 0 Å². The summed E-state index contributed by atoms with van der Waals surface area (Å²) in [6.45, 7) is -0.192. The first kappa shape index (κ1) is 14.0. The lowest BCUT2D eigenvalue weighted by atomic mass is 10.3. The largest absolute Gasteiger partial charge is 0.467 e. The first-order chi connectivity index (χ1) is 10.1. The van der Waals surface area contributed by atoms with Gasteiger partial charge in [-0.25, -0.2) is 9.78 Å². The number of nitrogens with one attached hydrogen (secondary N) is 1. The van der Waals surface area contributed by atoms with Crippen molar-refractivity contribution in [1.29, 1.82) is 0 Å². The molecule has 0 bridgehead atoms. The van der Waals surface area contributed by atoms with Gasteiger partial charge in [0.15, 0.2) is 11.1 Å². The number of imidazole rings is 1. The molecule has 2 N–H and O–H groups in total. The number of thiophene rings is 1. The number of amides is 1. The number of aromatic nitrogens is 2. The Kier molecular flexibility index (Phi) is 3.62. The van der Waals surface area contributed by atoms with Crippen LogP contribution in [-0.2, 0) is 9.53 Å². The zero-order chi connectivity index (χ0) is 15.0. The Hall–Kier alpha value is -1.97. The third kappa shape index (κ3) is 2.50. The number of nitrogens with zero attached hydrogens (tertiary/aromatic N) is 2. The van der Waals surface area contributed by atoms with Gasteiger partial charge in [-0.05, 0) is 6.07 Å². The number of carbonyl (C=O) groups is 2. The minimum atomic E-state index is -1.37. The van der Waals surface area contributed by atoms with Crippen molar-refractivity contribution in [3.8, 4) is 0 Å². The van der Waals surface area contributed by atoms with Crippen LogP contribution < -0.4 is 5.32 Å². The molecule has 110 valence electrons. The number of methoxy groups -OCH3 is 1. The normalized spacial score (nSPS) is 12.7. The Morgan fingerprint density at radius 3 is 3.14 bits per heavy atom. The molecular weight excluding hydrogens is 314 g/mol. The van der Waals surface area contributed by atoms with E-state index >= 15 is 0 Å². The topological polar surface area (TPSA) is 92.9 Å². The van der Waals surface area contributed by atoms with Gasteiger partial charge in [-0.1, -0.05) is 0 Å². The van der Waals surface area contributed by atoms with Crippen LogP contribution in [0, 0.1) is 0 Å². The van der Waals surface area contributed by atoms with E-state index in [-0.39, 0.29) is 12.5 Å². The van der Waals surface area contributed by atoms with Gasteiger partial charge in [0.05, 0.1) is 24.0 Å². The summed E-state index contributed by atoms with van der Waals surface area (Å²) in [5.74, 6) is -1.14. The number of fused-ring (bicyclic) bond motifs is 3. The lowest BCUT2D eigenvalue weighted by Gasteiger charge is -2.08. The zero-order valence-corrected chi connectivity index (χ0v) is 12.5. The highest BCUT2D eigenvalue weighted by atomic mass is 32.1. The Morgan fingerprint density at radius 2 is 2.38 bits per heavy atom. The van der Waals surface area contributed by atoms with Crippen LogP contribution >= 0.6 is 22.7 Å². The van der Waals surface area contributed by atoms with Crippen molar-refractivity contribution in [3.05, 3.63) is 22.5 Å². The summed E-state index contributed by atoms with van der Waals surface area (Å²) in [6, 6.07) is 1.74. The van der Waals surface area contributed by atoms with Crippen LogP contribution in [0.25, 0.3) is 15.3 Å². The number of carbonyl (C=O) groups excluding carboxylic acids is 2. The van der Waals surface area contributed by atoms with E-state index in [1.165, 1.54) is 29.8 Å². The molecule has 3 rings (SSSR count). The van der Waals surface area contributed by atoms with Crippen LogP contribution in [0.5, 0.6) is 0 Å². The quantitative estimate of drug-likeness (QED) is 0.695. The van der Waals surface area contributed by atoms with Crippen molar-refractivity contribution in [2.75, 3.05) is 13.7 Å². The minimum Gasteiger partial charge on any atom is -0.467 e. The molecule has 0 aliphatic heterocycles. The highest BCUT2D eigenvalue weighted by molar-refractivity contribution is 7.21. The van der Waals surface area contributed by atoms with Crippen molar-refractivity contribution in [2.24, 2.45) is 0 Å². The second-order valence-corrected chi connectivity index (χ2v) is 6.12. The SMILES string of the molecule is COC(=O)C(O)CNC(=O)c1cc2c(nc3sccn32)s1. The van der Waals surface area contributed by atoms with Crippen molar-refractivity contribution in [1.82, 2.24) is 14.7 Å². The molecule has 7 nitrogen and oxygen atoms in total. The standard InChI is InChI=1S/C12H11N3O4S2/c1-19-11(18)7(16)5-13-9(17)8-4-6-10(21-8)14-12-15(6)2-3-20-12/h2-4,7,16H,5H2,1H3,(H,13,17). The molecule has 0 radical (unpaired) electrons. The number of rotatable bonds is 4. The highest BCUT2D eigenvalue weighted by Crippen LogP contribution is 2.28. The van der Waals surface area contributed by atoms with Crippen molar-refractivity contribution < 1.29 is 19.4 Å². The average molecular weight is 325 g/mol. The van der Waals surface area contributed by atoms with E-state index in [0.29, 0.717) is 4.88 Å². The van der Waals surface area contributed by atoms with Gasteiger partial charge in [0.25, 0.3) is 5.91 Å². The lowest BCUT2D eigenvalue weighted by molar-refractivity contribution is -0.149. The summed E-state index contributed by atoms with van der Waals surface area (Å²) < 4.78 is 6.29. The summed E-state index contributed by atoms with van der Waals surface area (Å²) in [7, 11) is 1.17. The number of ether oxygens (including phenoxy) is 1. The van der Waals surface area contributed by atoms with Crippen LogP contribution in [-0.4, -0.2) is 46.1 Å². The second kappa shape index (κ2) is 5.43. The molecule has 3 heterocycles. The van der Waals surface area contributed by atoms with E-state index in [2.05, 4.69) is 15.0 Å². The predicted octanol–water partition coefficient (Wildman–Crippen LogP) is 0.874.